The van der Waals surface area contributed by atoms with E-state index >= 15 is 0 Å². The molecule has 0 fully saturated rings. The van der Waals surface area contributed by atoms with Crippen LogP contribution in [-0.2, 0) is 0 Å². The molecule has 0 bridgehead atoms. The van der Waals surface area contributed by atoms with Gasteiger partial charge in [-0.1, -0.05) is 27.7 Å². The maximum Gasteiger partial charge on any atom is 0.00691 e. The summed E-state index contributed by atoms with van der Waals surface area (Å²) in [6.45, 7) is 13.8. The molecule has 0 aromatic rings. The van der Waals surface area contributed by atoms with Crippen LogP contribution in [0.15, 0.2) is 0 Å². The summed E-state index contributed by atoms with van der Waals surface area (Å²) in [5, 5.41) is 0. The van der Waals surface area contributed by atoms with Crippen LogP contribution in [0.5, 0.6) is 0 Å². The van der Waals surface area contributed by atoms with E-state index in [0.717, 1.165) is 12.0 Å². The topological polar surface area (TPSA) is 3.24 Å². The van der Waals surface area contributed by atoms with Gasteiger partial charge in [0.2, 0.25) is 0 Å². The summed E-state index contributed by atoms with van der Waals surface area (Å²) in [6.07, 6.45) is 1.32. The van der Waals surface area contributed by atoms with Crippen LogP contribution in [0, 0.1) is 5.92 Å². The fourth-order valence-corrected chi connectivity index (χ4v) is 1.68. The van der Waals surface area contributed by atoms with Crippen molar-refractivity contribution in [1.82, 2.24) is 4.90 Å². The summed E-state index contributed by atoms with van der Waals surface area (Å²) in [6, 6.07) is 0.755. The number of hydrogen-bond acceptors (Lipinski definition) is 1. The molecule has 1 heteroatoms. The van der Waals surface area contributed by atoms with Crippen LogP contribution in [0.25, 0.3) is 0 Å². The second-order valence-electron chi connectivity index (χ2n) is 3.70. The summed E-state index contributed by atoms with van der Waals surface area (Å²) >= 11 is 0. The predicted octanol–water partition coefficient (Wildman–Crippen LogP) is 2.76. The largest absolute Gasteiger partial charge is 0.301 e. The highest BCUT2D eigenvalue weighted by Gasteiger charge is 2.10. The van der Waals surface area contributed by atoms with Gasteiger partial charge in [0, 0.05) is 6.04 Å². The molecule has 11 heavy (non-hydrogen) atoms. The lowest BCUT2D eigenvalue weighted by molar-refractivity contribution is 0.205. The van der Waals surface area contributed by atoms with E-state index in [4.69, 9.17) is 0 Å². The van der Waals surface area contributed by atoms with Crippen LogP contribution < -0.4 is 0 Å². The van der Waals surface area contributed by atoms with Gasteiger partial charge in [-0.3, -0.25) is 0 Å². The molecule has 0 amide bonds. The standard InChI is InChI=1S/C10H23N/c1-6-11(7-2)10(5)8-9(3)4/h9-10H,6-8H2,1-5H3. The van der Waals surface area contributed by atoms with E-state index in [9.17, 15) is 0 Å². The summed E-state index contributed by atoms with van der Waals surface area (Å²) in [5.41, 5.74) is 0. The smallest absolute Gasteiger partial charge is 0.00691 e. The van der Waals surface area contributed by atoms with Gasteiger partial charge >= 0.3 is 0 Å². The van der Waals surface area contributed by atoms with E-state index in [1.165, 1.54) is 19.5 Å². The quantitative estimate of drug-likeness (QED) is 0.593. The Bertz CT molecular complexity index is 84.9. The minimum absolute atomic E-state index is 0.755. The van der Waals surface area contributed by atoms with Crippen LogP contribution in [0.3, 0.4) is 0 Å². The van der Waals surface area contributed by atoms with Crippen molar-refractivity contribution in [3.8, 4) is 0 Å². The van der Waals surface area contributed by atoms with Gasteiger partial charge in [0.1, 0.15) is 0 Å². The van der Waals surface area contributed by atoms with Crippen LogP contribution in [0.2, 0.25) is 0 Å². The molecule has 0 aromatic heterocycles. The van der Waals surface area contributed by atoms with Crippen molar-refractivity contribution in [2.45, 2.75) is 47.1 Å². The van der Waals surface area contributed by atoms with Crippen molar-refractivity contribution in [1.29, 1.82) is 0 Å². The molecule has 0 aliphatic carbocycles. The predicted molar refractivity (Wildman–Crippen MR) is 51.8 cm³/mol. The zero-order valence-corrected chi connectivity index (χ0v) is 8.72. The molecule has 0 spiro atoms. The highest BCUT2D eigenvalue weighted by molar-refractivity contribution is 4.65. The lowest BCUT2D eigenvalue weighted by atomic mass is 10.0. The molecule has 1 unspecified atom stereocenters. The zero-order valence-electron chi connectivity index (χ0n) is 8.72. The Morgan fingerprint density at radius 1 is 1.00 bits per heavy atom. The molecule has 0 saturated carbocycles. The van der Waals surface area contributed by atoms with Crippen LogP contribution in [-0.4, -0.2) is 24.0 Å². The van der Waals surface area contributed by atoms with E-state index < -0.39 is 0 Å². The van der Waals surface area contributed by atoms with Crippen molar-refractivity contribution in [3.63, 3.8) is 0 Å². The van der Waals surface area contributed by atoms with Gasteiger partial charge in [0.15, 0.2) is 0 Å². The van der Waals surface area contributed by atoms with Gasteiger partial charge in [0.05, 0.1) is 0 Å². The third-order valence-electron chi connectivity index (χ3n) is 2.25. The molecular weight excluding hydrogens is 134 g/mol. The van der Waals surface area contributed by atoms with Crippen molar-refractivity contribution in [2.75, 3.05) is 13.1 Å². The van der Waals surface area contributed by atoms with E-state index in [1.807, 2.05) is 0 Å². The molecule has 68 valence electrons. The first-order valence-corrected chi connectivity index (χ1v) is 4.85. The molecule has 1 atom stereocenters. The molecule has 1 nitrogen and oxygen atoms in total. The Morgan fingerprint density at radius 3 is 1.73 bits per heavy atom. The molecule has 0 N–H and O–H groups in total. The first-order chi connectivity index (χ1) is 5.11. The highest BCUT2D eigenvalue weighted by Crippen LogP contribution is 2.09. The monoisotopic (exact) mass is 157 g/mol. The molecule has 0 aliphatic heterocycles. The Kier molecular flexibility index (Phi) is 5.57. The Labute approximate surface area is 71.8 Å². The van der Waals surface area contributed by atoms with Gasteiger partial charge in [-0.15, -0.1) is 0 Å². The van der Waals surface area contributed by atoms with Crippen LogP contribution in [0.4, 0.5) is 0 Å². The van der Waals surface area contributed by atoms with E-state index in [-0.39, 0.29) is 0 Å². The fourth-order valence-electron chi connectivity index (χ4n) is 1.68. The second kappa shape index (κ2) is 5.59. The minimum atomic E-state index is 0.755. The van der Waals surface area contributed by atoms with Crippen molar-refractivity contribution >= 4 is 0 Å². The first-order valence-electron chi connectivity index (χ1n) is 4.85. The van der Waals surface area contributed by atoms with E-state index in [1.54, 1.807) is 0 Å². The molecule has 0 rings (SSSR count). The minimum Gasteiger partial charge on any atom is -0.301 e. The fraction of sp³-hybridized carbons (Fsp3) is 1.00. The van der Waals surface area contributed by atoms with Gasteiger partial charge in [-0.25, -0.2) is 0 Å². The molecular formula is C10H23N. The lowest BCUT2D eigenvalue weighted by Crippen LogP contribution is -2.33. The summed E-state index contributed by atoms with van der Waals surface area (Å²) in [4.78, 5) is 2.51. The summed E-state index contributed by atoms with van der Waals surface area (Å²) < 4.78 is 0. The van der Waals surface area contributed by atoms with Crippen molar-refractivity contribution in [2.24, 2.45) is 5.92 Å². The average Bonchev–Trinajstić information content (AvgIpc) is 1.88. The number of rotatable bonds is 5. The van der Waals surface area contributed by atoms with E-state index in [2.05, 4.69) is 39.5 Å². The van der Waals surface area contributed by atoms with Gasteiger partial charge in [-0.05, 0) is 32.4 Å². The average molecular weight is 157 g/mol. The summed E-state index contributed by atoms with van der Waals surface area (Å²) in [7, 11) is 0. The second-order valence-corrected chi connectivity index (χ2v) is 3.70. The molecule has 0 aliphatic rings. The Morgan fingerprint density at radius 2 is 1.45 bits per heavy atom. The van der Waals surface area contributed by atoms with Crippen molar-refractivity contribution in [3.05, 3.63) is 0 Å². The SMILES string of the molecule is CCN(CC)C(C)CC(C)C. The third kappa shape index (κ3) is 4.41. The molecule has 0 radical (unpaired) electrons. The van der Waals surface area contributed by atoms with Gasteiger partial charge in [-0.2, -0.15) is 0 Å². The van der Waals surface area contributed by atoms with Crippen LogP contribution >= 0.6 is 0 Å². The van der Waals surface area contributed by atoms with Gasteiger partial charge < -0.3 is 4.90 Å². The number of hydrogen-bond donors (Lipinski definition) is 0. The molecule has 0 heterocycles. The molecule has 0 aromatic carbocycles. The normalized spacial score (nSPS) is 14.5. The van der Waals surface area contributed by atoms with Crippen LogP contribution in [0.1, 0.15) is 41.0 Å². The van der Waals surface area contributed by atoms with Crippen molar-refractivity contribution < 1.29 is 0 Å². The third-order valence-corrected chi connectivity index (χ3v) is 2.25. The Hall–Kier alpha value is -0.0400. The summed E-state index contributed by atoms with van der Waals surface area (Å²) in [5.74, 6) is 0.825. The highest BCUT2D eigenvalue weighted by atomic mass is 15.1. The van der Waals surface area contributed by atoms with Gasteiger partial charge in [0.25, 0.3) is 0 Å². The van der Waals surface area contributed by atoms with E-state index in [0.29, 0.717) is 0 Å². The Balaban J connectivity index is 3.68. The maximum absolute atomic E-state index is 2.51. The lowest BCUT2D eigenvalue weighted by Gasteiger charge is -2.27. The first kappa shape index (κ1) is 11.0. The number of nitrogens with zero attached hydrogens (tertiary/aromatic N) is 1. The molecule has 0 saturated heterocycles. The zero-order chi connectivity index (χ0) is 8.85. The maximum atomic E-state index is 2.51.